The molecule has 0 saturated heterocycles. The van der Waals surface area contributed by atoms with E-state index in [1.165, 1.54) is 31.2 Å². The summed E-state index contributed by atoms with van der Waals surface area (Å²) in [6.07, 6.45) is 5.36. The van der Waals surface area contributed by atoms with Gasteiger partial charge in [-0.25, -0.2) is 0 Å². The summed E-state index contributed by atoms with van der Waals surface area (Å²) in [5, 5.41) is 3.76. The molecular formula is C16H25NO. The molecule has 3 unspecified atom stereocenters. The summed E-state index contributed by atoms with van der Waals surface area (Å²) >= 11 is 0. The van der Waals surface area contributed by atoms with Crippen LogP contribution in [0, 0.1) is 5.92 Å². The van der Waals surface area contributed by atoms with Crippen LogP contribution < -0.4 is 10.1 Å². The Kier molecular flexibility index (Phi) is 4.65. The summed E-state index contributed by atoms with van der Waals surface area (Å²) in [6, 6.07) is 9.32. The van der Waals surface area contributed by atoms with Gasteiger partial charge in [-0.3, -0.25) is 0 Å². The summed E-state index contributed by atoms with van der Waals surface area (Å²) in [6.45, 7) is 4.60. The Morgan fingerprint density at radius 3 is 2.78 bits per heavy atom. The van der Waals surface area contributed by atoms with E-state index in [9.17, 15) is 0 Å². The molecule has 0 radical (unpaired) electrons. The van der Waals surface area contributed by atoms with E-state index in [1.54, 1.807) is 7.11 Å². The standard InChI is InChI=1S/C16H25NO/c1-12-7-6-8-14(11-12)17-13(2)15-9-4-5-10-16(15)18-3/h4-5,9-10,12-14,17H,6-8,11H2,1-3H3. The first-order valence-electron chi connectivity index (χ1n) is 7.09. The van der Waals surface area contributed by atoms with E-state index in [0.717, 1.165) is 11.7 Å². The van der Waals surface area contributed by atoms with Crippen LogP contribution in [0.3, 0.4) is 0 Å². The first-order chi connectivity index (χ1) is 8.70. The molecule has 18 heavy (non-hydrogen) atoms. The molecule has 1 aliphatic rings. The normalized spacial score (nSPS) is 25.7. The molecule has 0 aromatic heterocycles. The third-order valence-corrected chi connectivity index (χ3v) is 4.03. The van der Waals surface area contributed by atoms with Gasteiger partial charge in [-0.2, -0.15) is 0 Å². The van der Waals surface area contributed by atoms with Gasteiger partial charge >= 0.3 is 0 Å². The van der Waals surface area contributed by atoms with Crippen molar-refractivity contribution in [3.05, 3.63) is 29.8 Å². The predicted octanol–water partition coefficient (Wildman–Crippen LogP) is 3.92. The van der Waals surface area contributed by atoms with E-state index < -0.39 is 0 Å². The van der Waals surface area contributed by atoms with E-state index in [2.05, 4.69) is 31.3 Å². The number of methoxy groups -OCH3 is 1. The summed E-state index contributed by atoms with van der Waals surface area (Å²) < 4.78 is 5.44. The van der Waals surface area contributed by atoms with Crippen molar-refractivity contribution in [2.75, 3.05) is 7.11 Å². The second-order valence-electron chi connectivity index (χ2n) is 5.60. The first-order valence-corrected chi connectivity index (χ1v) is 7.09. The molecule has 1 N–H and O–H groups in total. The van der Waals surface area contributed by atoms with E-state index in [-0.39, 0.29) is 0 Å². The monoisotopic (exact) mass is 247 g/mol. The fourth-order valence-corrected chi connectivity index (χ4v) is 3.05. The molecule has 100 valence electrons. The highest BCUT2D eigenvalue weighted by Crippen LogP contribution is 2.28. The van der Waals surface area contributed by atoms with Gasteiger partial charge in [0.15, 0.2) is 0 Å². The summed E-state index contributed by atoms with van der Waals surface area (Å²) in [5.74, 6) is 1.85. The van der Waals surface area contributed by atoms with E-state index in [4.69, 9.17) is 4.74 Å². The average molecular weight is 247 g/mol. The molecule has 1 aromatic rings. The maximum absolute atomic E-state index is 5.44. The molecule has 0 aliphatic heterocycles. The number of rotatable bonds is 4. The number of nitrogens with one attached hydrogen (secondary N) is 1. The smallest absolute Gasteiger partial charge is 0.123 e. The van der Waals surface area contributed by atoms with Crippen molar-refractivity contribution in [1.82, 2.24) is 5.32 Å². The average Bonchev–Trinajstić information content (AvgIpc) is 2.38. The Hall–Kier alpha value is -1.02. The quantitative estimate of drug-likeness (QED) is 0.870. The summed E-state index contributed by atoms with van der Waals surface area (Å²) in [5.41, 5.74) is 1.26. The second-order valence-corrected chi connectivity index (χ2v) is 5.60. The molecular weight excluding hydrogens is 222 g/mol. The summed E-state index contributed by atoms with van der Waals surface area (Å²) in [4.78, 5) is 0. The van der Waals surface area contributed by atoms with Crippen molar-refractivity contribution in [2.24, 2.45) is 5.92 Å². The van der Waals surface area contributed by atoms with Crippen LogP contribution >= 0.6 is 0 Å². The summed E-state index contributed by atoms with van der Waals surface area (Å²) in [7, 11) is 1.74. The Morgan fingerprint density at radius 2 is 2.06 bits per heavy atom. The minimum atomic E-state index is 0.358. The molecule has 2 rings (SSSR count). The van der Waals surface area contributed by atoms with Gasteiger partial charge in [0.05, 0.1) is 7.11 Å². The van der Waals surface area contributed by atoms with Gasteiger partial charge in [0.2, 0.25) is 0 Å². The molecule has 2 heteroatoms. The van der Waals surface area contributed by atoms with Crippen LogP contribution in [0.2, 0.25) is 0 Å². The Bertz CT molecular complexity index is 377. The zero-order chi connectivity index (χ0) is 13.0. The number of hydrogen-bond donors (Lipinski definition) is 1. The molecule has 2 nitrogen and oxygen atoms in total. The van der Waals surface area contributed by atoms with Crippen molar-refractivity contribution < 1.29 is 4.74 Å². The maximum atomic E-state index is 5.44. The van der Waals surface area contributed by atoms with E-state index >= 15 is 0 Å². The van der Waals surface area contributed by atoms with Crippen LogP contribution in [-0.2, 0) is 0 Å². The molecule has 1 aliphatic carbocycles. The van der Waals surface area contributed by atoms with Crippen LogP contribution in [-0.4, -0.2) is 13.2 Å². The molecule has 1 saturated carbocycles. The molecule has 1 fully saturated rings. The van der Waals surface area contributed by atoms with Gasteiger partial charge in [0, 0.05) is 17.6 Å². The zero-order valence-electron chi connectivity index (χ0n) is 11.8. The molecule has 0 heterocycles. The lowest BCUT2D eigenvalue weighted by molar-refractivity contribution is 0.283. The van der Waals surface area contributed by atoms with Crippen LogP contribution in [0.5, 0.6) is 5.75 Å². The van der Waals surface area contributed by atoms with Crippen LogP contribution in [0.25, 0.3) is 0 Å². The minimum Gasteiger partial charge on any atom is -0.496 e. The maximum Gasteiger partial charge on any atom is 0.123 e. The third-order valence-electron chi connectivity index (χ3n) is 4.03. The lowest BCUT2D eigenvalue weighted by Crippen LogP contribution is -2.35. The lowest BCUT2D eigenvalue weighted by atomic mass is 9.86. The first kappa shape index (κ1) is 13.4. The number of ether oxygens (including phenoxy) is 1. The number of hydrogen-bond acceptors (Lipinski definition) is 2. The van der Waals surface area contributed by atoms with E-state index in [0.29, 0.717) is 12.1 Å². The van der Waals surface area contributed by atoms with Gasteiger partial charge in [0.25, 0.3) is 0 Å². The van der Waals surface area contributed by atoms with Gasteiger partial charge in [-0.15, -0.1) is 0 Å². The van der Waals surface area contributed by atoms with Gasteiger partial charge in [-0.1, -0.05) is 38.0 Å². The van der Waals surface area contributed by atoms with Gasteiger partial charge in [-0.05, 0) is 31.7 Å². The van der Waals surface area contributed by atoms with Crippen molar-refractivity contribution >= 4 is 0 Å². The predicted molar refractivity (Wildman–Crippen MR) is 76.0 cm³/mol. The molecule has 0 amide bonds. The van der Waals surface area contributed by atoms with Crippen LogP contribution in [0.4, 0.5) is 0 Å². The van der Waals surface area contributed by atoms with Gasteiger partial charge < -0.3 is 10.1 Å². The molecule has 1 aromatic carbocycles. The Balaban J connectivity index is 2.00. The highest BCUT2D eigenvalue weighted by atomic mass is 16.5. The highest BCUT2D eigenvalue weighted by Gasteiger charge is 2.21. The lowest BCUT2D eigenvalue weighted by Gasteiger charge is -2.30. The van der Waals surface area contributed by atoms with Crippen LogP contribution in [0.15, 0.2) is 24.3 Å². The van der Waals surface area contributed by atoms with Crippen molar-refractivity contribution in [2.45, 2.75) is 51.6 Å². The van der Waals surface area contributed by atoms with Gasteiger partial charge in [0.1, 0.15) is 5.75 Å². The van der Waals surface area contributed by atoms with Crippen molar-refractivity contribution in [1.29, 1.82) is 0 Å². The topological polar surface area (TPSA) is 21.3 Å². The molecule has 0 bridgehead atoms. The fourth-order valence-electron chi connectivity index (χ4n) is 3.05. The van der Waals surface area contributed by atoms with Crippen molar-refractivity contribution in [3.63, 3.8) is 0 Å². The molecule has 0 spiro atoms. The van der Waals surface area contributed by atoms with E-state index in [1.807, 2.05) is 12.1 Å². The van der Waals surface area contributed by atoms with Crippen LogP contribution in [0.1, 0.15) is 51.1 Å². The Morgan fingerprint density at radius 1 is 1.28 bits per heavy atom. The minimum absolute atomic E-state index is 0.358. The SMILES string of the molecule is COc1ccccc1C(C)NC1CCCC(C)C1. The highest BCUT2D eigenvalue weighted by molar-refractivity contribution is 5.35. The third kappa shape index (κ3) is 3.26. The Labute approximate surface area is 111 Å². The molecule has 3 atom stereocenters. The number of para-hydroxylation sites is 1. The largest absolute Gasteiger partial charge is 0.496 e. The number of benzene rings is 1. The second kappa shape index (κ2) is 6.24. The fraction of sp³-hybridized carbons (Fsp3) is 0.625. The van der Waals surface area contributed by atoms with Crippen molar-refractivity contribution in [3.8, 4) is 5.75 Å². The zero-order valence-corrected chi connectivity index (χ0v) is 11.8.